The van der Waals surface area contributed by atoms with Gasteiger partial charge in [-0.1, -0.05) is 18.6 Å². The van der Waals surface area contributed by atoms with Crippen molar-refractivity contribution in [3.63, 3.8) is 0 Å². The number of benzene rings is 1. The second-order valence-electron chi connectivity index (χ2n) is 6.95. The van der Waals surface area contributed by atoms with E-state index in [-0.39, 0.29) is 17.2 Å². The van der Waals surface area contributed by atoms with Crippen LogP contribution in [0, 0.1) is 23.7 Å². The summed E-state index contributed by atoms with van der Waals surface area (Å²) in [6.45, 7) is 0. The lowest BCUT2D eigenvalue weighted by molar-refractivity contribution is 0.00115. The van der Waals surface area contributed by atoms with E-state index in [1.807, 2.05) is 0 Å². The van der Waals surface area contributed by atoms with Crippen LogP contribution in [0.1, 0.15) is 52.8 Å². The molecule has 0 radical (unpaired) electrons. The topological polar surface area (TPSA) is 63.6 Å². The summed E-state index contributed by atoms with van der Waals surface area (Å²) in [6.07, 6.45) is 6.06. The van der Waals surface area contributed by atoms with Gasteiger partial charge in [0.15, 0.2) is 0 Å². The van der Waals surface area contributed by atoms with E-state index in [1.165, 1.54) is 37.8 Å². The van der Waals surface area contributed by atoms with Crippen LogP contribution in [0.4, 0.5) is 0 Å². The Morgan fingerprint density at radius 2 is 1.73 bits per heavy atom. The molecule has 3 saturated carbocycles. The molecule has 1 N–H and O–H groups in total. The minimum atomic E-state index is -1.09. The monoisotopic (exact) mass is 300 g/mol. The second-order valence-corrected chi connectivity index (χ2v) is 6.95. The molecule has 0 heterocycles. The highest BCUT2D eigenvalue weighted by Gasteiger charge is 2.55. The fourth-order valence-corrected chi connectivity index (χ4v) is 5.19. The smallest absolute Gasteiger partial charge is 0.339 e. The minimum Gasteiger partial charge on any atom is -0.478 e. The number of carboxylic acid groups (broad SMARTS) is 1. The van der Waals surface area contributed by atoms with Crippen molar-refractivity contribution in [3.05, 3.63) is 35.4 Å². The fourth-order valence-electron chi connectivity index (χ4n) is 5.19. The van der Waals surface area contributed by atoms with Crippen LogP contribution in [0.5, 0.6) is 0 Å². The molecule has 3 fully saturated rings. The van der Waals surface area contributed by atoms with Gasteiger partial charge in [-0.2, -0.15) is 0 Å². The van der Waals surface area contributed by atoms with Gasteiger partial charge < -0.3 is 9.84 Å². The quantitative estimate of drug-likeness (QED) is 0.869. The van der Waals surface area contributed by atoms with Crippen molar-refractivity contribution in [1.82, 2.24) is 0 Å². The van der Waals surface area contributed by atoms with E-state index in [4.69, 9.17) is 4.74 Å². The summed E-state index contributed by atoms with van der Waals surface area (Å²) in [7, 11) is 0. The normalized spacial score (nSPS) is 35.4. The summed E-state index contributed by atoms with van der Waals surface area (Å²) in [5, 5.41) is 9.20. The first kappa shape index (κ1) is 13.8. The summed E-state index contributed by atoms with van der Waals surface area (Å²) in [6, 6.07) is 6.29. The van der Waals surface area contributed by atoms with E-state index in [0.29, 0.717) is 11.8 Å². The van der Waals surface area contributed by atoms with Gasteiger partial charge in [-0.05, 0) is 61.5 Å². The van der Waals surface area contributed by atoms with Gasteiger partial charge in [0.1, 0.15) is 6.10 Å². The number of carbonyl (C=O) groups excluding carboxylic acids is 1. The third-order valence-corrected chi connectivity index (χ3v) is 6.00. The molecule has 116 valence electrons. The lowest BCUT2D eigenvalue weighted by atomic mass is 9.80. The highest BCUT2D eigenvalue weighted by Crippen LogP contribution is 2.59. The molecule has 5 atom stereocenters. The highest BCUT2D eigenvalue weighted by molar-refractivity contribution is 6.02. The molecule has 0 spiro atoms. The molecule has 0 unspecified atom stereocenters. The third-order valence-electron chi connectivity index (χ3n) is 6.00. The average Bonchev–Trinajstić information content (AvgIpc) is 3.19. The third kappa shape index (κ3) is 2.04. The summed E-state index contributed by atoms with van der Waals surface area (Å²) in [5.41, 5.74) is 0.190. The van der Waals surface area contributed by atoms with Crippen molar-refractivity contribution in [2.45, 2.75) is 38.2 Å². The summed E-state index contributed by atoms with van der Waals surface area (Å²) in [4.78, 5) is 23.6. The number of esters is 1. The van der Waals surface area contributed by atoms with E-state index in [1.54, 1.807) is 12.1 Å². The number of hydrogen-bond acceptors (Lipinski definition) is 3. The largest absolute Gasteiger partial charge is 0.478 e. The lowest BCUT2D eigenvalue weighted by Gasteiger charge is -2.31. The molecule has 0 amide bonds. The van der Waals surface area contributed by atoms with Crippen molar-refractivity contribution in [2.24, 2.45) is 23.7 Å². The number of carboxylic acids is 1. The van der Waals surface area contributed by atoms with Crippen LogP contribution in [0.25, 0.3) is 0 Å². The first-order valence-corrected chi connectivity index (χ1v) is 8.18. The lowest BCUT2D eigenvalue weighted by Crippen LogP contribution is -2.32. The Labute approximate surface area is 129 Å². The zero-order chi connectivity index (χ0) is 15.3. The van der Waals surface area contributed by atoms with Gasteiger partial charge in [0.2, 0.25) is 0 Å². The molecule has 4 nitrogen and oxygen atoms in total. The number of ether oxygens (including phenoxy) is 1. The van der Waals surface area contributed by atoms with Gasteiger partial charge in [0.25, 0.3) is 0 Å². The van der Waals surface area contributed by atoms with E-state index in [2.05, 4.69) is 0 Å². The van der Waals surface area contributed by atoms with E-state index < -0.39 is 11.9 Å². The van der Waals surface area contributed by atoms with Gasteiger partial charge in [0.05, 0.1) is 11.1 Å². The summed E-state index contributed by atoms with van der Waals surface area (Å²) in [5.74, 6) is 1.22. The second kappa shape index (κ2) is 5.11. The Morgan fingerprint density at radius 1 is 1.00 bits per heavy atom. The zero-order valence-corrected chi connectivity index (χ0v) is 12.4. The fraction of sp³-hybridized carbons (Fsp3) is 0.556. The van der Waals surface area contributed by atoms with Crippen LogP contribution < -0.4 is 0 Å². The number of rotatable bonds is 3. The SMILES string of the molecule is O=C(O)c1ccccc1C(=O)O[C@@H]1C[C@H]2C[C@H]1[C@H]1CCC[C@@H]21. The van der Waals surface area contributed by atoms with Crippen LogP contribution in [0.3, 0.4) is 0 Å². The summed E-state index contributed by atoms with van der Waals surface area (Å²) >= 11 is 0. The maximum Gasteiger partial charge on any atom is 0.339 e. The van der Waals surface area contributed by atoms with E-state index >= 15 is 0 Å². The average molecular weight is 300 g/mol. The van der Waals surface area contributed by atoms with Crippen molar-refractivity contribution in [3.8, 4) is 0 Å². The van der Waals surface area contributed by atoms with Crippen LogP contribution in [-0.2, 0) is 4.74 Å². The standard InChI is InChI=1S/C18H20O4/c19-17(20)13-4-1-2-5-14(13)18(21)22-16-9-10-8-15(16)12-7-3-6-11(10)12/h1-2,4-5,10-12,15-16H,3,6-9H2,(H,19,20)/t10-,11+,12+,15+,16-/m1/s1. The Balaban J connectivity index is 1.51. The molecule has 4 rings (SSSR count). The van der Waals surface area contributed by atoms with Gasteiger partial charge in [-0.15, -0.1) is 0 Å². The van der Waals surface area contributed by atoms with Crippen molar-refractivity contribution in [1.29, 1.82) is 0 Å². The summed E-state index contributed by atoms with van der Waals surface area (Å²) < 4.78 is 5.73. The van der Waals surface area contributed by atoms with Gasteiger partial charge in [-0.3, -0.25) is 0 Å². The predicted octanol–water partition coefficient (Wildman–Crippen LogP) is 3.37. The first-order chi connectivity index (χ1) is 10.6. The molecule has 0 saturated heterocycles. The molecule has 3 aliphatic carbocycles. The maximum atomic E-state index is 12.4. The van der Waals surface area contributed by atoms with Crippen LogP contribution in [0.2, 0.25) is 0 Å². The van der Waals surface area contributed by atoms with Crippen molar-refractivity contribution in [2.75, 3.05) is 0 Å². The number of aromatic carboxylic acids is 1. The molecule has 1 aromatic rings. The Morgan fingerprint density at radius 3 is 2.50 bits per heavy atom. The van der Waals surface area contributed by atoms with Gasteiger partial charge >= 0.3 is 11.9 Å². The minimum absolute atomic E-state index is 0.0151. The molecule has 1 aromatic carbocycles. The maximum absolute atomic E-state index is 12.4. The number of hydrogen-bond donors (Lipinski definition) is 1. The van der Waals surface area contributed by atoms with Gasteiger partial charge in [0, 0.05) is 0 Å². The van der Waals surface area contributed by atoms with Crippen molar-refractivity contribution >= 4 is 11.9 Å². The van der Waals surface area contributed by atoms with Crippen LogP contribution in [-0.4, -0.2) is 23.1 Å². The van der Waals surface area contributed by atoms with Crippen LogP contribution >= 0.6 is 0 Å². The Kier molecular flexibility index (Phi) is 3.21. The Hall–Kier alpha value is -1.84. The molecule has 3 aliphatic rings. The van der Waals surface area contributed by atoms with E-state index in [0.717, 1.165) is 18.3 Å². The molecule has 0 aliphatic heterocycles. The van der Waals surface area contributed by atoms with Crippen LogP contribution in [0.15, 0.2) is 24.3 Å². The first-order valence-electron chi connectivity index (χ1n) is 8.18. The Bertz CT molecular complexity index is 623. The molecule has 4 heteroatoms. The van der Waals surface area contributed by atoms with E-state index in [9.17, 15) is 14.7 Å². The highest BCUT2D eigenvalue weighted by atomic mass is 16.5. The number of carbonyl (C=O) groups is 2. The molecular weight excluding hydrogens is 280 g/mol. The van der Waals surface area contributed by atoms with Gasteiger partial charge in [-0.25, -0.2) is 9.59 Å². The molecular formula is C18H20O4. The van der Waals surface area contributed by atoms with Crippen molar-refractivity contribution < 1.29 is 19.4 Å². The molecule has 2 bridgehead atoms. The predicted molar refractivity (Wildman–Crippen MR) is 79.6 cm³/mol. The molecule has 0 aromatic heterocycles. The zero-order valence-electron chi connectivity index (χ0n) is 12.4. The number of fused-ring (bicyclic) bond motifs is 5. The molecule has 22 heavy (non-hydrogen) atoms.